The van der Waals surface area contributed by atoms with Crippen molar-refractivity contribution in [2.24, 2.45) is 0 Å². The minimum Gasteiger partial charge on any atom is -0.383 e. The van der Waals surface area contributed by atoms with E-state index < -0.39 is 0 Å². The van der Waals surface area contributed by atoms with Crippen LogP contribution in [0, 0.1) is 10.1 Å². The van der Waals surface area contributed by atoms with Crippen LogP contribution >= 0.6 is 11.3 Å². The van der Waals surface area contributed by atoms with Crippen molar-refractivity contribution in [3.05, 3.63) is 70.4 Å². The molecule has 3 N–H and O–H groups in total. The first kappa shape index (κ1) is 28.3. The predicted molar refractivity (Wildman–Crippen MR) is 173 cm³/mol. The van der Waals surface area contributed by atoms with Gasteiger partial charge in [-0.3, -0.25) is 15.0 Å². The molecule has 0 unspecified atom stereocenters. The molecule has 44 heavy (non-hydrogen) atoms. The fourth-order valence-corrected chi connectivity index (χ4v) is 7.18. The van der Waals surface area contributed by atoms with Gasteiger partial charge >= 0.3 is 0 Å². The monoisotopic (exact) mass is 610 g/mol. The molecule has 2 fully saturated rings. The van der Waals surface area contributed by atoms with Crippen LogP contribution in [-0.2, 0) is 0 Å². The summed E-state index contributed by atoms with van der Waals surface area (Å²) in [5, 5.41) is 23.1. The average molecular weight is 611 g/mol. The van der Waals surface area contributed by atoms with E-state index in [9.17, 15) is 10.1 Å². The van der Waals surface area contributed by atoms with Crippen LogP contribution in [0.1, 0.15) is 31.7 Å². The highest BCUT2D eigenvalue weighted by atomic mass is 32.1. The second kappa shape index (κ2) is 11.9. The normalized spacial score (nSPS) is 19.8. The van der Waals surface area contributed by atoms with Gasteiger partial charge in [-0.05, 0) is 50.9 Å². The molecule has 4 heterocycles. The lowest BCUT2D eigenvalue weighted by molar-refractivity contribution is -0.384. The molecule has 3 aromatic heterocycles. The van der Waals surface area contributed by atoms with Crippen molar-refractivity contribution >= 4 is 44.7 Å². The van der Waals surface area contributed by atoms with E-state index in [1.165, 1.54) is 23.7 Å². The Morgan fingerprint density at radius 3 is 2.45 bits per heavy atom. The maximum Gasteiger partial charge on any atom is 0.278 e. The Kier molecular flexibility index (Phi) is 7.66. The zero-order chi connectivity index (χ0) is 30.2. The topological polar surface area (TPSA) is 144 Å². The molecule has 2 aliphatic rings. The van der Waals surface area contributed by atoms with Crippen LogP contribution in [-0.4, -0.2) is 78.7 Å². The van der Waals surface area contributed by atoms with E-state index in [2.05, 4.69) is 41.8 Å². The van der Waals surface area contributed by atoms with Crippen molar-refractivity contribution < 1.29 is 4.92 Å². The van der Waals surface area contributed by atoms with Crippen molar-refractivity contribution in [3.8, 4) is 22.5 Å². The number of para-hydroxylation sites is 1. The van der Waals surface area contributed by atoms with Crippen LogP contribution in [0.4, 0.5) is 22.3 Å². The summed E-state index contributed by atoms with van der Waals surface area (Å²) in [6.45, 7) is 4.57. The lowest BCUT2D eigenvalue weighted by atomic mass is 9.90. The molecule has 7 rings (SSSR count). The molecule has 2 aromatic carbocycles. The minimum absolute atomic E-state index is 0.0340. The number of aromatic nitrogens is 5. The molecule has 0 amide bonds. The minimum atomic E-state index is -0.386. The number of thiazole rings is 1. The van der Waals surface area contributed by atoms with Crippen molar-refractivity contribution in [1.29, 1.82) is 0 Å². The molecule has 13 heteroatoms. The zero-order valence-electron chi connectivity index (χ0n) is 24.5. The van der Waals surface area contributed by atoms with Gasteiger partial charge in [0, 0.05) is 54.9 Å². The molecular weight excluding hydrogens is 576 g/mol. The quantitative estimate of drug-likeness (QED) is 0.177. The number of nitrogens with zero attached hydrogens (tertiary/aromatic N) is 8. The summed E-state index contributed by atoms with van der Waals surface area (Å²) in [6.07, 6.45) is 5.95. The Bertz CT molecular complexity index is 1790. The lowest BCUT2D eigenvalue weighted by Crippen LogP contribution is -2.49. The second-order valence-electron chi connectivity index (χ2n) is 11.6. The van der Waals surface area contributed by atoms with Gasteiger partial charge in [0.05, 0.1) is 27.6 Å². The summed E-state index contributed by atoms with van der Waals surface area (Å²) in [4.78, 5) is 29.7. The number of nitrogens with one attached hydrogen (secondary N) is 1. The van der Waals surface area contributed by atoms with Gasteiger partial charge in [-0.1, -0.05) is 24.3 Å². The molecule has 0 radical (unpaired) electrons. The molecular formula is C31H34N10O2S. The number of piperazine rings is 1. The van der Waals surface area contributed by atoms with E-state index in [0.29, 0.717) is 28.2 Å². The number of anilines is 3. The predicted octanol–water partition coefficient (Wildman–Crippen LogP) is 5.58. The van der Waals surface area contributed by atoms with Crippen LogP contribution in [0.3, 0.4) is 0 Å². The van der Waals surface area contributed by atoms with Crippen molar-refractivity contribution in [3.63, 3.8) is 0 Å². The summed E-state index contributed by atoms with van der Waals surface area (Å²) < 4.78 is 2.08. The van der Waals surface area contributed by atoms with Crippen molar-refractivity contribution in [2.75, 3.05) is 44.3 Å². The third kappa shape index (κ3) is 5.49. The number of hydrogen-bond acceptors (Lipinski definition) is 11. The number of nitrogen functional groups attached to an aromatic ring is 1. The molecule has 5 aromatic rings. The fourth-order valence-electron chi connectivity index (χ4n) is 6.45. The number of nitro groups is 1. The number of hydrogen-bond donors (Lipinski definition) is 2. The summed E-state index contributed by atoms with van der Waals surface area (Å²) in [5.41, 5.74) is 10.8. The van der Waals surface area contributed by atoms with Gasteiger partial charge in [0.15, 0.2) is 10.8 Å². The first-order valence-corrected chi connectivity index (χ1v) is 15.8. The molecule has 1 saturated carbocycles. The Morgan fingerprint density at radius 1 is 0.977 bits per heavy atom. The van der Waals surface area contributed by atoms with E-state index in [1.807, 2.05) is 29.6 Å². The van der Waals surface area contributed by atoms with Gasteiger partial charge in [-0.25, -0.2) is 19.6 Å². The Morgan fingerprint density at radius 2 is 1.70 bits per heavy atom. The zero-order valence-corrected chi connectivity index (χ0v) is 25.3. The van der Waals surface area contributed by atoms with E-state index in [4.69, 9.17) is 10.8 Å². The second-order valence-corrected chi connectivity index (χ2v) is 12.4. The van der Waals surface area contributed by atoms with E-state index in [-0.39, 0.29) is 16.7 Å². The van der Waals surface area contributed by atoms with E-state index in [0.717, 1.165) is 79.8 Å². The number of benzene rings is 2. The lowest BCUT2D eigenvalue weighted by Gasteiger charge is -2.41. The molecule has 12 nitrogen and oxygen atoms in total. The SMILES string of the molecule is CN1CCN(C2CCC(n3nc(-c4ccc(Nc5nc(-c6ccccc6[N+](=O)[O-])cs5)cc4)c4c(N)ncnc43)CC2)CC1. The van der Waals surface area contributed by atoms with E-state index in [1.54, 1.807) is 18.2 Å². The molecule has 0 atom stereocenters. The van der Waals surface area contributed by atoms with Gasteiger partial charge in [-0.15, -0.1) is 11.3 Å². The van der Waals surface area contributed by atoms with E-state index >= 15 is 0 Å². The van der Waals surface area contributed by atoms with Crippen LogP contribution in [0.15, 0.2) is 60.2 Å². The van der Waals surface area contributed by atoms with Crippen molar-refractivity contribution in [2.45, 2.75) is 37.8 Å². The maximum absolute atomic E-state index is 11.5. The van der Waals surface area contributed by atoms with Crippen LogP contribution in [0.25, 0.3) is 33.5 Å². The summed E-state index contributed by atoms with van der Waals surface area (Å²) in [7, 11) is 2.20. The molecule has 0 bridgehead atoms. The highest BCUT2D eigenvalue weighted by Gasteiger charge is 2.30. The van der Waals surface area contributed by atoms with Gasteiger partial charge in [0.2, 0.25) is 0 Å². The molecule has 1 aliphatic carbocycles. The maximum atomic E-state index is 11.5. The fraction of sp³-hybridized carbons (Fsp3) is 0.355. The van der Waals surface area contributed by atoms with Gasteiger partial charge < -0.3 is 16.0 Å². The van der Waals surface area contributed by atoms with Crippen LogP contribution in [0.5, 0.6) is 0 Å². The third-order valence-corrected chi connectivity index (χ3v) is 9.63. The van der Waals surface area contributed by atoms with Gasteiger partial charge in [0.25, 0.3) is 5.69 Å². The van der Waals surface area contributed by atoms with Crippen molar-refractivity contribution in [1.82, 2.24) is 34.5 Å². The molecule has 0 spiro atoms. The Balaban J connectivity index is 1.09. The largest absolute Gasteiger partial charge is 0.383 e. The first-order chi connectivity index (χ1) is 21.4. The van der Waals surface area contributed by atoms with Gasteiger partial charge in [-0.2, -0.15) is 5.10 Å². The number of nitro benzene ring substituents is 1. The highest BCUT2D eigenvalue weighted by Crippen LogP contribution is 2.38. The molecule has 226 valence electrons. The van der Waals surface area contributed by atoms with Gasteiger partial charge in [0.1, 0.15) is 17.8 Å². The number of rotatable bonds is 7. The van der Waals surface area contributed by atoms with Crippen LogP contribution in [0.2, 0.25) is 0 Å². The Labute approximate surface area is 258 Å². The smallest absolute Gasteiger partial charge is 0.278 e. The molecule has 1 aliphatic heterocycles. The number of likely N-dealkylation sites (N-methyl/N-ethyl adjacent to an activating group) is 1. The first-order valence-electron chi connectivity index (χ1n) is 14.9. The van der Waals surface area contributed by atoms with Crippen LogP contribution < -0.4 is 11.1 Å². The number of nitrogens with two attached hydrogens (primary N) is 1. The Hall–Kier alpha value is -4.46. The summed E-state index contributed by atoms with van der Waals surface area (Å²) in [6, 6.07) is 15.5. The summed E-state index contributed by atoms with van der Waals surface area (Å²) in [5.74, 6) is 0.426. The highest BCUT2D eigenvalue weighted by molar-refractivity contribution is 7.14. The average Bonchev–Trinajstić information content (AvgIpc) is 3.68. The standard InChI is InChI=1S/C31H34N10O2S/c1-38-14-16-39(17-15-38)22-10-12-23(13-11-22)40-30-27(29(32)33-19-34-30)28(37-40)20-6-8-21(9-7-20)35-31-36-25(18-44-31)24-4-2-3-5-26(24)41(42)43/h2-9,18-19,22-23H,10-17H2,1H3,(H,35,36)(H2,32,33,34). The third-order valence-electron chi connectivity index (χ3n) is 8.87. The number of fused-ring (bicyclic) bond motifs is 1. The molecule has 1 saturated heterocycles. The summed E-state index contributed by atoms with van der Waals surface area (Å²) >= 11 is 1.39.